The molecule has 1 aliphatic heterocycles. The van der Waals surface area contributed by atoms with Gasteiger partial charge in [-0.25, -0.2) is 0 Å². The second kappa shape index (κ2) is 8.93. The third-order valence-electron chi connectivity index (χ3n) is 3.78. The maximum Gasteiger partial charge on any atom is 0.265 e. The second-order valence-electron chi connectivity index (χ2n) is 5.60. The number of thiophene rings is 1. The molecule has 2 heterocycles. The van der Waals surface area contributed by atoms with Crippen LogP contribution >= 0.6 is 23.6 Å². The van der Waals surface area contributed by atoms with E-state index in [-0.39, 0.29) is 16.6 Å². The van der Waals surface area contributed by atoms with Gasteiger partial charge in [-0.1, -0.05) is 39.0 Å². The first-order chi connectivity index (χ1) is 11.1. The van der Waals surface area contributed by atoms with Crippen molar-refractivity contribution in [3.8, 4) is 0 Å². The monoisotopic (exact) mass is 350 g/mol. The third-order valence-corrected chi connectivity index (χ3v) is 4.80. The number of unbranched alkanes of at least 4 members (excludes halogenated alkanes) is 5. The molecule has 1 fully saturated rings. The molecular weight excluding hydrogens is 328 g/mol. The fourth-order valence-corrected chi connectivity index (χ4v) is 3.36. The van der Waals surface area contributed by atoms with Crippen LogP contribution in [0.1, 0.15) is 51.0 Å². The molecule has 4 nitrogen and oxygen atoms in total. The van der Waals surface area contributed by atoms with Gasteiger partial charge in [0.05, 0.1) is 0 Å². The van der Waals surface area contributed by atoms with E-state index in [4.69, 9.17) is 12.2 Å². The van der Waals surface area contributed by atoms with Crippen LogP contribution in [-0.4, -0.2) is 28.4 Å². The largest absolute Gasteiger partial charge is 0.298 e. The van der Waals surface area contributed by atoms with E-state index < -0.39 is 5.91 Å². The van der Waals surface area contributed by atoms with E-state index in [1.807, 2.05) is 16.8 Å². The number of carbonyl (C=O) groups is 2. The van der Waals surface area contributed by atoms with Crippen molar-refractivity contribution in [3.05, 3.63) is 28.0 Å². The normalized spacial score (nSPS) is 17.0. The summed E-state index contributed by atoms with van der Waals surface area (Å²) in [4.78, 5) is 26.1. The topological polar surface area (TPSA) is 49.4 Å². The Bertz CT molecular complexity index is 594. The van der Waals surface area contributed by atoms with Gasteiger partial charge in [-0.05, 0) is 47.1 Å². The standard InChI is InChI=1S/C17H22N2O2S2/c1-2-3-4-5-6-7-9-19-16(21)14(15(20)18-17(19)22)11-13-8-10-23-12-13/h8,10-12H,2-7,9H2,1H3,(H,18,20,22)/b14-11+. The SMILES string of the molecule is CCCCCCCCN1C(=O)/C(=C/c2ccsc2)C(=O)NC1=S. The Morgan fingerprint density at radius 1 is 1.22 bits per heavy atom. The minimum atomic E-state index is -0.412. The van der Waals surface area contributed by atoms with E-state index in [2.05, 4.69) is 12.2 Å². The van der Waals surface area contributed by atoms with Crippen LogP contribution in [0.3, 0.4) is 0 Å². The van der Waals surface area contributed by atoms with Gasteiger partial charge < -0.3 is 0 Å². The first-order valence-electron chi connectivity index (χ1n) is 8.04. The van der Waals surface area contributed by atoms with Crippen LogP contribution in [0, 0.1) is 0 Å². The lowest BCUT2D eigenvalue weighted by molar-refractivity contribution is -0.128. The Morgan fingerprint density at radius 2 is 1.96 bits per heavy atom. The van der Waals surface area contributed by atoms with E-state index >= 15 is 0 Å². The summed E-state index contributed by atoms with van der Waals surface area (Å²) < 4.78 is 0. The fourth-order valence-electron chi connectivity index (χ4n) is 2.47. The lowest BCUT2D eigenvalue weighted by Gasteiger charge is -2.28. The second-order valence-corrected chi connectivity index (χ2v) is 6.77. The molecular formula is C17H22N2O2S2. The number of nitrogens with zero attached hydrogens (tertiary/aromatic N) is 1. The summed E-state index contributed by atoms with van der Waals surface area (Å²) >= 11 is 6.68. The average Bonchev–Trinajstić information content (AvgIpc) is 3.03. The molecule has 6 heteroatoms. The number of hydrogen-bond acceptors (Lipinski definition) is 4. The highest BCUT2D eigenvalue weighted by atomic mass is 32.1. The van der Waals surface area contributed by atoms with Crippen molar-refractivity contribution in [2.24, 2.45) is 0 Å². The summed E-state index contributed by atoms with van der Waals surface area (Å²) in [6.07, 6.45) is 8.48. The van der Waals surface area contributed by atoms with Crippen molar-refractivity contribution in [3.63, 3.8) is 0 Å². The van der Waals surface area contributed by atoms with Crippen LogP contribution < -0.4 is 5.32 Å². The molecule has 124 valence electrons. The van der Waals surface area contributed by atoms with E-state index in [0.717, 1.165) is 18.4 Å². The molecule has 1 saturated heterocycles. The summed E-state index contributed by atoms with van der Waals surface area (Å²) in [7, 11) is 0. The third kappa shape index (κ3) is 4.97. The lowest BCUT2D eigenvalue weighted by Crippen LogP contribution is -2.54. The number of thiocarbonyl (C=S) groups is 1. The number of rotatable bonds is 8. The fraction of sp³-hybridized carbons (Fsp3) is 0.471. The molecule has 1 aromatic rings. The van der Waals surface area contributed by atoms with Gasteiger partial charge in [0.1, 0.15) is 5.57 Å². The predicted octanol–water partition coefficient (Wildman–Crippen LogP) is 3.74. The van der Waals surface area contributed by atoms with Crippen molar-refractivity contribution in [1.82, 2.24) is 10.2 Å². The molecule has 23 heavy (non-hydrogen) atoms. The maximum absolute atomic E-state index is 12.6. The quantitative estimate of drug-likeness (QED) is 0.336. The molecule has 0 unspecified atom stereocenters. The summed E-state index contributed by atoms with van der Waals surface area (Å²) in [6, 6.07) is 1.88. The van der Waals surface area contributed by atoms with Crippen LogP contribution in [-0.2, 0) is 9.59 Å². The average molecular weight is 351 g/mol. The zero-order valence-corrected chi connectivity index (χ0v) is 15.0. The van der Waals surface area contributed by atoms with Crippen LogP contribution in [0.4, 0.5) is 0 Å². The molecule has 0 aliphatic carbocycles. The zero-order valence-electron chi connectivity index (χ0n) is 13.3. The molecule has 1 N–H and O–H groups in total. The Kier molecular flexibility index (Phi) is 6.92. The van der Waals surface area contributed by atoms with Gasteiger partial charge in [0.2, 0.25) is 0 Å². The lowest BCUT2D eigenvalue weighted by atomic mass is 10.1. The molecule has 0 spiro atoms. The van der Waals surface area contributed by atoms with Crippen LogP contribution in [0.15, 0.2) is 22.4 Å². The molecule has 0 atom stereocenters. The van der Waals surface area contributed by atoms with Gasteiger partial charge in [-0.3, -0.25) is 19.8 Å². The molecule has 0 radical (unpaired) electrons. The molecule has 1 aromatic heterocycles. The molecule has 2 rings (SSSR count). The van der Waals surface area contributed by atoms with Crippen molar-refractivity contribution < 1.29 is 9.59 Å². The summed E-state index contributed by atoms with van der Waals surface area (Å²) in [5.74, 6) is -0.705. The Labute approximate surface area is 146 Å². The maximum atomic E-state index is 12.6. The zero-order chi connectivity index (χ0) is 16.7. The van der Waals surface area contributed by atoms with E-state index in [1.54, 1.807) is 6.08 Å². The highest BCUT2D eigenvalue weighted by Gasteiger charge is 2.32. The molecule has 1 aliphatic rings. The van der Waals surface area contributed by atoms with Crippen LogP contribution in [0.25, 0.3) is 6.08 Å². The minimum Gasteiger partial charge on any atom is -0.298 e. The van der Waals surface area contributed by atoms with Gasteiger partial charge in [0, 0.05) is 6.54 Å². The van der Waals surface area contributed by atoms with Crippen molar-refractivity contribution >= 4 is 46.6 Å². The number of amides is 2. The predicted molar refractivity (Wildman–Crippen MR) is 98.1 cm³/mol. The number of nitrogens with one attached hydrogen (secondary N) is 1. The van der Waals surface area contributed by atoms with Gasteiger partial charge >= 0.3 is 0 Å². The van der Waals surface area contributed by atoms with E-state index in [1.165, 1.54) is 41.9 Å². The van der Waals surface area contributed by atoms with Gasteiger partial charge in [0.25, 0.3) is 11.8 Å². The Balaban J connectivity index is 1.95. The number of hydrogen-bond donors (Lipinski definition) is 1. The smallest absolute Gasteiger partial charge is 0.265 e. The molecule has 0 aromatic carbocycles. The highest BCUT2D eigenvalue weighted by Crippen LogP contribution is 2.17. The van der Waals surface area contributed by atoms with Crippen LogP contribution in [0.2, 0.25) is 0 Å². The molecule has 2 amide bonds. The van der Waals surface area contributed by atoms with E-state index in [9.17, 15) is 9.59 Å². The summed E-state index contributed by atoms with van der Waals surface area (Å²) in [5.41, 5.74) is 1.02. The first kappa shape index (κ1) is 17.8. The Hall–Kier alpha value is -1.53. The van der Waals surface area contributed by atoms with Gasteiger partial charge in [-0.15, -0.1) is 0 Å². The minimum absolute atomic E-state index is 0.156. The van der Waals surface area contributed by atoms with Crippen molar-refractivity contribution in [2.75, 3.05) is 6.54 Å². The Morgan fingerprint density at radius 3 is 2.65 bits per heavy atom. The number of carbonyl (C=O) groups excluding carboxylic acids is 2. The van der Waals surface area contributed by atoms with Crippen molar-refractivity contribution in [2.45, 2.75) is 45.4 Å². The first-order valence-corrected chi connectivity index (χ1v) is 9.39. The summed E-state index contributed by atoms with van der Waals surface area (Å²) in [6.45, 7) is 2.75. The summed E-state index contributed by atoms with van der Waals surface area (Å²) in [5, 5.41) is 6.65. The van der Waals surface area contributed by atoms with Crippen LogP contribution in [0.5, 0.6) is 0 Å². The van der Waals surface area contributed by atoms with Gasteiger partial charge in [0.15, 0.2) is 5.11 Å². The highest BCUT2D eigenvalue weighted by molar-refractivity contribution is 7.80. The molecule has 0 bridgehead atoms. The van der Waals surface area contributed by atoms with E-state index in [0.29, 0.717) is 6.54 Å². The molecule has 0 saturated carbocycles. The van der Waals surface area contributed by atoms with Gasteiger partial charge in [-0.2, -0.15) is 11.3 Å². The van der Waals surface area contributed by atoms with Crippen molar-refractivity contribution in [1.29, 1.82) is 0 Å².